The van der Waals surface area contributed by atoms with Gasteiger partial charge in [-0.25, -0.2) is 4.68 Å². The lowest BCUT2D eigenvalue weighted by Gasteiger charge is -2.10. The van der Waals surface area contributed by atoms with Gasteiger partial charge in [-0.15, -0.1) is 0 Å². The summed E-state index contributed by atoms with van der Waals surface area (Å²) in [5.74, 6) is 1.39. The Bertz CT molecular complexity index is 549. The van der Waals surface area contributed by atoms with Crippen LogP contribution in [0.5, 0.6) is 11.5 Å². The molecule has 0 radical (unpaired) electrons. The van der Waals surface area contributed by atoms with Crippen molar-refractivity contribution in [2.75, 3.05) is 14.2 Å². The highest BCUT2D eigenvalue weighted by molar-refractivity contribution is 5.50. The molecule has 1 N–H and O–H groups in total. The lowest BCUT2D eigenvalue weighted by atomic mass is 10.2. The van der Waals surface area contributed by atoms with Gasteiger partial charge in [0, 0.05) is 17.8 Å². The minimum Gasteiger partial charge on any atom is -0.497 e. The van der Waals surface area contributed by atoms with E-state index in [1.54, 1.807) is 31.2 Å². The van der Waals surface area contributed by atoms with Crippen LogP contribution in [0.1, 0.15) is 11.3 Å². The van der Waals surface area contributed by atoms with Crippen molar-refractivity contribution in [1.29, 1.82) is 0 Å². The highest BCUT2D eigenvalue weighted by atomic mass is 16.5. The van der Waals surface area contributed by atoms with E-state index in [0.717, 1.165) is 22.7 Å². The van der Waals surface area contributed by atoms with Gasteiger partial charge < -0.3 is 14.6 Å². The number of ether oxygens (including phenoxy) is 2. The van der Waals surface area contributed by atoms with E-state index < -0.39 is 0 Å². The Morgan fingerprint density at radius 2 is 2.06 bits per heavy atom. The Kier molecular flexibility index (Phi) is 3.53. The molecule has 0 saturated carbocycles. The first-order chi connectivity index (χ1) is 8.69. The number of aromatic nitrogens is 2. The summed E-state index contributed by atoms with van der Waals surface area (Å²) in [6, 6.07) is 5.50. The molecule has 1 heterocycles. The van der Waals surface area contributed by atoms with Gasteiger partial charge in [0.25, 0.3) is 0 Å². The first kappa shape index (κ1) is 12.4. The predicted molar refractivity (Wildman–Crippen MR) is 67.3 cm³/mol. The molecule has 0 unspecified atom stereocenters. The molecular formula is C13H16N2O3. The van der Waals surface area contributed by atoms with Gasteiger partial charge in [-0.3, -0.25) is 0 Å². The number of hydrogen-bond donors (Lipinski definition) is 1. The first-order valence-corrected chi connectivity index (χ1v) is 5.58. The number of aliphatic hydroxyl groups excluding tert-OH is 1. The van der Waals surface area contributed by atoms with Crippen molar-refractivity contribution in [1.82, 2.24) is 9.78 Å². The zero-order chi connectivity index (χ0) is 13.1. The minimum atomic E-state index is -0.0235. The molecule has 1 aromatic heterocycles. The van der Waals surface area contributed by atoms with E-state index in [4.69, 9.17) is 9.47 Å². The Morgan fingerprint density at radius 3 is 2.61 bits per heavy atom. The summed E-state index contributed by atoms with van der Waals surface area (Å²) in [6.07, 6.45) is 1.79. The maximum atomic E-state index is 9.18. The lowest BCUT2D eigenvalue weighted by molar-refractivity contribution is 0.281. The molecule has 0 spiro atoms. The Hall–Kier alpha value is -2.01. The van der Waals surface area contributed by atoms with Crippen LogP contribution < -0.4 is 9.47 Å². The van der Waals surface area contributed by atoms with Crippen LogP contribution in [0.4, 0.5) is 0 Å². The van der Waals surface area contributed by atoms with E-state index in [0.29, 0.717) is 5.75 Å². The molecule has 0 amide bonds. The van der Waals surface area contributed by atoms with Gasteiger partial charge in [0.1, 0.15) is 17.2 Å². The molecule has 0 aliphatic rings. The Labute approximate surface area is 106 Å². The fraction of sp³-hybridized carbons (Fsp3) is 0.308. The van der Waals surface area contributed by atoms with E-state index >= 15 is 0 Å². The van der Waals surface area contributed by atoms with Gasteiger partial charge in [0.15, 0.2) is 0 Å². The highest BCUT2D eigenvalue weighted by Crippen LogP contribution is 2.27. The third-order valence-electron chi connectivity index (χ3n) is 2.80. The molecule has 18 heavy (non-hydrogen) atoms. The first-order valence-electron chi connectivity index (χ1n) is 5.58. The molecule has 0 saturated heterocycles. The molecule has 2 rings (SSSR count). The summed E-state index contributed by atoms with van der Waals surface area (Å²) in [7, 11) is 3.21. The Morgan fingerprint density at radius 1 is 1.28 bits per heavy atom. The number of hydrogen-bond acceptors (Lipinski definition) is 4. The van der Waals surface area contributed by atoms with Crippen LogP contribution in [0.25, 0.3) is 5.69 Å². The van der Waals surface area contributed by atoms with Gasteiger partial charge in [0.2, 0.25) is 0 Å². The second-order valence-corrected chi connectivity index (χ2v) is 3.88. The van der Waals surface area contributed by atoms with Crippen LogP contribution in [-0.2, 0) is 6.61 Å². The molecule has 0 aliphatic heterocycles. The normalized spacial score (nSPS) is 10.4. The maximum absolute atomic E-state index is 9.18. The van der Waals surface area contributed by atoms with Gasteiger partial charge in [-0.2, -0.15) is 5.10 Å². The zero-order valence-electron chi connectivity index (χ0n) is 10.7. The standard InChI is InChI=1S/C13H16N2O3/c1-9-10(8-16)7-15(14-9)12-5-4-11(17-2)6-13(12)18-3/h4-7,16H,8H2,1-3H3. The minimum absolute atomic E-state index is 0.0235. The molecule has 2 aromatic rings. The van der Waals surface area contributed by atoms with Crippen molar-refractivity contribution in [3.63, 3.8) is 0 Å². The Balaban J connectivity index is 2.48. The smallest absolute Gasteiger partial charge is 0.148 e. The van der Waals surface area contributed by atoms with E-state index in [-0.39, 0.29) is 6.61 Å². The maximum Gasteiger partial charge on any atom is 0.148 e. The average Bonchev–Trinajstić information content (AvgIpc) is 2.79. The van der Waals surface area contributed by atoms with Gasteiger partial charge in [-0.05, 0) is 19.1 Å². The molecule has 96 valence electrons. The van der Waals surface area contributed by atoms with Gasteiger partial charge in [0.05, 0.1) is 26.5 Å². The quantitative estimate of drug-likeness (QED) is 0.894. The number of aryl methyl sites for hydroxylation is 1. The van der Waals surface area contributed by atoms with Gasteiger partial charge in [-0.1, -0.05) is 0 Å². The molecule has 0 fully saturated rings. The van der Waals surface area contributed by atoms with Crippen LogP contribution in [-0.4, -0.2) is 29.1 Å². The van der Waals surface area contributed by atoms with Crippen molar-refractivity contribution in [3.8, 4) is 17.2 Å². The fourth-order valence-electron chi connectivity index (χ4n) is 1.75. The summed E-state index contributed by atoms with van der Waals surface area (Å²) >= 11 is 0. The summed E-state index contributed by atoms with van der Waals surface area (Å²) in [6.45, 7) is 1.84. The van der Waals surface area contributed by atoms with Crippen LogP contribution in [0.3, 0.4) is 0 Å². The molecule has 0 aliphatic carbocycles. The third kappa shape index (κ3) is 2.17. The van der Waals surface area contributed by atoms with Crippen molar-refractivity contribution in [3.05, 3.63) is 35.7 Å². The second-order valence-electron chi connectivity index (χ2n) is 3.88. The highest BCUT2D eigenvalue weighted by Gasteiger charge is 2.10. The average molecular weight is 248 g/mol. The van der Waals surface area contributed by atoms with Crippen molar-refractivity contribution < 1.29 is 14.6 Å². The largest absolute Gasteiger partial charge is 0.497 e. The molecular weight excluding hydrogens is 232 g/mol. The number of aliphatic hydroxyl groups is 1. The number of methoxy groups -OCH3 is 2. The third-order valence-corrected chi connectivity index (χ3v) is 2.80. The molecule has 5 nitrogen and oxygen atoms in total. The summed E-state index contributed by atoms with van der Waals surface area (Å²) in [5, 5.41) is 13.5. The summed E-state index contributed by atoms with van der Waals surface area (Å²) in [4.78, 5) is 0. The fourth-order valence-corrected chi connectivity index (χ4v) is 1.75. The van der Waals surface area contributed by atoms with Crippen molar-refractivity contribution in [2.24, 2.45) is 0 Å². The van der Waals surface area contributed by atoms with E-state index in [2.05, 4.69) is 5.10 Å². The van der Waals surface area contributed by atoms with E-state index in [9.17, 15) is 5.11 Å². The molecule has 0 atom stereocenters. The van der Waals surface area contributed by atoms with Crippen LogP contribution >= 0.6 is 0 Å². The zero-order valence-corrected chi connectivity index (χ0v) is 10.7. The molecule has 5 heteroatoms. The summed E-state index contributed by atoms with van der Waals surface area (Å²) < 4.78 is 12.2. The van der Waals surface area contributed by atoms with Crippen molar-refractivity contribution >= 4 is 0 Å². The number of nitrogens with zero attached hydrogens (tertiary/aromatic N) is 2. The molecule has 0 bridgehead atoms. The topological polar surface area (TPSA) is 56.5 Å². The van der Waals surface area contributed by atoms with Crippen LogP contribution in [0, 0.1) is 6.92 Å². The van der Waals surface area contributed by atoms with Crippen molar-refractivity contribution in [2.45, 2.75) is 13.5 Å². The number of benzene rings is 1. The van der Waals surface area contributed by atoms with E-state index in [1.165, 1.54) is 0 Å². The summed E-state index contributed by atoms with van der Waals surface area (Å²) in [5.41, 5.74) is 2.41. The molecule has 1 aromatic carbocycles. The SMILES string of the molecule is COc1ccc(-n2cc(CO)c(C)n2)c(OC)c1. The van der Waals surface area contributed by atoms with Crippen LogP contribution in [0.2, 0.25) is 0 Å². The second kappa shape index (κ2) is 5.10. The van der Waals surface area contributed by atoms with Crippen LogP contribution in [0.15, 0.2) is 24.4 Å². The predicted octanol–water partition coefficient (Wildman–Crippen LogP) is 1.69. The monoisotopic (exact) mass is 248 g/mol. The van der Waals surface area contributed by atoms with Gasteiger partial charge >= 0.3 is 0 Å². The lowest BCUT2D eigenvalue weighted by Crippen LogP contribution is -1.99. The number of rotatable bonds is 4. The van der Waals surface area contributed by atoms with E-state index in [1.807, 2.05) is 19.1 Å².